The van der Waals surface area contributed by atoms with Crippen LogP contribution >= 0.6 is 23.2 Å². The number of amides is 1. The second-order valence-electron chi connectivity index (χ2n) is 5.10. The molecule has 1 aromatic carbocycles. The van der Waals surface area contributed by atoms with Crippen molar-refractivity contribution in [3.63, 3.8) is 0 Å². The number of rotatable bonds is 3. The molecule has 0 aromatic heterocycles. The maximum atomic E-state index is 12.5. The summed E-state index contributed by atoms with van der Waals surface area (Å²) in [5.41, 5.74) is 1.03. The number of methoxy groups -OCH3 is 1. The molecule has 0 N–H and O–H groups in total. The maximum Gasteiger partial charge on any atom is 0.259 e. The van der Waals surface area contributed by atoms with E-state index in [-0.39, 0.29) is 5.91 Å². The number of hydrogen-bond acceptors (Lipinski definition) is 2. The average Bonchev–Trinajstić information content (AvgIpc) is 2.54. The molecule has 1 aliphatic heterocycles. The lowest BCUT2D eigenvalue weighted by molar-refractivity contribution is -0.132. The molecule has 0 saturated heterocycles. The Hall–Kier alpha value is -1.19. The molecule has 1 aliphatic rings. The second kappa shape index (κ2) is 7.19. The van der Waals surface area contributed by atoms with Crippen molar-refractivity contribution in [2.75, 3.05) is 13.7 Å². The molecule has 0 atom stereocenters. The molecule has 0 aliphatic carbocycles. The van der Waals surface area contributed by atoms with Crippen LogP contribution in [0.1, 0.15) is 24.8 Å². The Morgan fingerprint density at radius 3 is 2.62 bits per heavy atom. The molecule has 3 nitrogen and oxygen atoms in total. The Balaban J connectivity index is 2.13. The number of carbonyl (C=O) groups is 1. The molecular formula is C16H19Cl2NO2. The molecule has 0 bridgehead atoms. The minimum absolute atomic E-state index is 0.229. The standard InChI is InChI=1S/C16H19Cl2NO2/c1-21-14-8-6-13(7-9-14)12-19-11-5-3-2-4-10-16(17,18)15(19)20/h2,4,6-9H,3,5,10-12H2,1H3/b4-2-. The summed E-state index contributed by atoms with van der Waals surface area (Å²) in [5.74, 6) is 0.566. The second-order valence-corrected chi connectivity index (χ2v) is 6.58. The van der Waals surface area contributed by atoms with Crippen LogP contribution in [0, 0.1) is 0 Å². The number of allylic oxidation sites excluding steroid dienone is 2. The van der Waals surface area contributed by atoms with E-state index in [1.165, 1.54) is 0 Å². The predicted octanol–water partition coefficient (Wildman–Crippen LogP) is 3.94. The van der Waals surface area contributed by atoms with Crippen molar-refractivity contribution in [1.29, 1.82) is 0 Å². The SMILES string of the molecule is COc1ccc(CN2CCC/C=C\CC(Cl)(Cl)C2=O)cc1. The third-order valence-electron chi connectivity index (χ3n) is 3.47. The van der Waals surface area contributed by atoms with Gasteiger partial charge in [-0.2, -0.15) is 0 Å². The molecule has 1 heterocycles. The van der Waals surface area contributed by atoms with Gasteiger partial charge in [0.25, 0.3) is 5.91 Å². The van der Waals surface area contributed by atoms with Crippen molar-refractivity contribution in [1.82, 2.24) is 4.90 Å². The van der Waals surface area contributed by atoms with Gasteiger partial charge in [0.05, 0.1) is 7.11 Å². The number of benzene rings is 1. The summed E-state index contributed by atoms with van der Waals surface area (Å²) < 4.78 is 3.75. The quantitative estimate of drug-likeness (QED) is 0.621. The van der Waals surface area contributed by atoms with Gasteiger partial charge in [0, 0.05) is 19.5 Å². The van der Waals surface area contributed by atoms with Gasteiger partial charge >= 0.3 is 0 Å². The average molecular weight is 328 g/mol. The monoisotopic (exact) mass is 327 g/mol. The molecule has 21 heavy (non-hydrogen) atoms. The van der Waals surface area contributed by atoms with Gasteiger partial charge in [0.15, 0.2) is 4.33 Å². The fraction of sp³-hybridized carbons (Fsp3) is 0.438. The predicted molar refractivity (Wildman–Crippen MR) is 85.8 cm³/mol. The molecule has 0 radical (unpaired) electrons. The lowest BCUT2D eigenvalue weighted by Gasteiger charge is -2.28. The first-order valence-electron chi connectivity index (χ1n) is 6.98. The van der Waals surface area contributed by atoms with Gasteiger partial charge in [-0.25, -0.2) is 0 Å². The first-order valence-corrected chi connectivity index (χ1v) is 7.73. The van der Waals surface area contributed by atoms with Gasteiger partial charge in [-0.1, -0.05) is 47.5 Å². The normalized spacial score (nSPS) is 20.3. The number of hydrogen-bond donors (Lipinski definition) is 0. The van der Waals surface area contributed by atoms with Crippen molar-refractivity contribution in [3.8, 4) is 5.75 Å². The minimum Gasteiger partial charge on any atom is -0.497 e. The Labute approximate surface area is 135 Å². The Bertz CT molecular complexity index is 512. The van der Waals surface area contributed by atoms with Gasteiger partial charge in [0.1, 0.15) is 5.75 Å². The number of ether oxygens (including phenoxy) is 1. The third kappa shape index (κ3) is 4.39. The molecule has 0 saturated carbocycles. The summed E-state index contributed by atoms with van der Waals surface area (Å²) in [5, 5.41) is 0. The highest BCUT2D eigenvalue weighted by atomic mass is 35.5. The van der Waals surface area contributed by atoms with E-state index in [4.69, 9.17) is 27.9 Å². The molecule has 2 rings (SSSR count). The highest BCUT2D eigenvalue weighted by Gasteiger charge is 2.36. The zero-order valence-electron chi connectivity index (χ0n) is 12.0. The van der Waals surface area contributed by atoms with Gasteiger partial charge < -0.3 is 9.64 Å². The van der Waals surface area contributed by atoms with E-state index < -0.39 is 4.33 Å². The van der Waals surface area contributed by atoms with E-state index in [1.807, 2.05) is 36.4 Å². The van der Waals surface area contributed by atoms with Crippen LogP contribution in [0.25, 0.3) is 0 Å². The van der Waals surface area contributed by atoms with Crippen molar-refractivity contribution in [2.45, 2.75) is 30.1 Å². The van der Waals surface area contributed by atoms with Crippen LogP contribution in [0.2, 0.25) is 0 Å². The lowest BCUT2D eigenvalue weighted by Crippen LogP contribution is -2.41. The molecule has 0 unspecified atom stereocenters. The summed E-state index contributed by atoms with van der Waals surface area (Å²) in [6.45, 7) is 1.15. The molecule has 5 heteroatoms. The van der Waals surface area contributed by atoms with E-state index >= 15 is 0 Å². The minimum atomic E-state index is -1.38. The largest absolute Gasteiger partial charge is 0.497 e. The number of nitrogens with zero attached hydrogens (tertiary/aromatic N) is 1. The molecule has 1 amide bonds. The van der Waals surface area contributed by atoms with E-state index in [2.05, 4.69) is 0 Å². The van der Waals surface area contributed by atoms with E-state index in [1.54, 1.807) is 12.0 Å². The zero-order chi connectivity index (χ0) is 15.3. The Morgan fingerprint density at radius 2 is 1.95 bits per heavy atom. The van der Waals surface area contributed by atoms with E-state index in [0.29, 0.717) is 19.5 Å². The van der Waals surface area contributed by atoms with Gasteiger partial charge in [-0.15, -0.1) is 0 Å². The Morgan fingerprint density at radius 1 is 1.24 bits per heavy atom. The summed E-state index contributed by atoms with van der Waals surface area (Å²) in [6, 6.07) is 7.65. The first-order chi connectivity index (χ1) is 10.0. The van der Waals surface area contributed by atoms with Gasteiger partial charge in [0.2, 0.25) is 0 Å². The molecule has 114 valence electrons. The van der Waals surface area contributed by atoms with E-state index in [0.717, 1.165) is 24.2 Å². The van der Waals surface area contributed by atoms with Crippen molar-refractivity contribution in [2.24, 2.45) is 0 Å². The van der Waals surface area contributed by atoms with Crippen LogP contribution in [-0.2, 0) is 11.3 Å². The van der Waals surface area contributed by atoms with Crippen LogP contribution in [0.4, 0.5) is 0 Å². The van der Waals surface area contributed by atoms with Gasteiger partial charge in [-0.05, 0) is 30.5 Å². The number of halogens is 2. The van der Waals surface area contributed by atoms with Crippen molar-refractivity contribution >= 4 is 29.1 Å². The van der Waals surface area contributed by atoms with Crippen LogP contribution < -0.4 is 4.74 Å². The molecule has 0 spiro atoms. The molecule has 1 aromatic rings. The highest BCUT2D eigenvalue weighted by Crippen LogP contribution is 2.30. The van der Waals surface area contributed by atoms with Crippen LogP contribution in [-0.4, -0.2) is 28.8 Å². The number of alkyl halides is 2. The van der Waals surface area contributed by atoms with Crippen molar-refractivity contribution < 1.29 is 9.53 Å². The van der Waals surface area contributed by atoms with Gasteiger partial charge in [-0.3, -0.25) is 4.79 Å². The van der Waals surface area contributed by atoms with Crippen LogP contribution in [0.3, 0.4) is 0 Å². The van der Waals surface area contributed by atoms with E-state index in [9.17, 15) is 4.79 Å². The molecule has 0 fully saturated rings. The fourth-order valence-corrected chi connectivity index (χ4v) is 2.69. The third-order valence-corrected chi connectivity index (χ3v) is 4.10. The van der Waals surface area contributed by atoms with Crippen LogP contribution in [0.5, 0.6) is 5.75 Å². The highest BCUT2D eigenvalue weighted by molar-refractivity contribution is 6.58. The summed E-state index contributed by atoms with van der Waals surface area (Å²) >= 11 is 12.4. The first kappa shape index (κ1) is 16.2. The fourth-order valence-electron chi connectivity index (χ4n) is 2.27. The van der Waals surface area contributed by atoms with Crippen molar-refractivity contribution in [3.05, 3.63) is 42.0 Å². The zero-order valence-corrected chi connectivity index (χ0v) is 13.5. The summed E-state index contributed by atoms with van der Waals surface area (Å²) in [4.78, 5) is 14.2. The molecular weight excluding hydrogens is 309 g/mol. The summed E-state index contributed by atoms with van der Waals surface area (Å²) in [6.07, 6.45) is 6.09. The topological polar surface area (TPSA) is 29.5 Å². The number of carbonyl (C=O) groups excluding carboxylic acids is 1. The smallest absolute Gasteiger partial charge is 0.259 e. The Kier molecular flexibility index (Phi) is 5.54. The maximum absolute atomic E-state index is 12.5. The lowest BCUT2D eigenvalue weighted by atomic mass is 10.2. The summed E-state index contributed by atoms with van der Waals surface area (Å²) in [7, 11) is 1.63. The van der Waals surface area contributed by atoms with Crippen LogP contribution in [0.15, 0.2) is 36.4 Å².